The summed E-state index contributed by atoms with van der Waals surface area (Å²) in [6.07, 6.45) is 5.07. The Bertz CT molecular complexity index is 796. The minimum atomic E-state index is -2.25. The molecule has 3 fully saturated rings. The van der Waals surface area contributed by atoms with Crippen LogP contribution in [0.3, 0.4) is 0 Å². The molecule has 206 valence electrons. The van der Waals surface area contributed by atoms with Crippen molar-refractivity contribution in [3.8, 4) is 0 Å². The van der Waals surface area contributed by atoms with Crippen LogP contribution in [0.15, 0.2) is 0 Å². The molecule has 1 aliphatic carbocycles. The number of ether oxygens (including phenoxy) is 3. The van der Waals surface area contributed by atoms with Crippen molar-refractivity contribution in [2.24, 2.45) is 17.8 Å². The Morgan fingerprint density at radius 2 is 1.86 bits per heavy atom. The van der Waals surface area contributed by atoms with E-state index in [0.717, 1.165) is 25.7 Å². The first kappa shape index (κ1) is 29.4. The van der Waals surface area contributed by atoms with E-state index in [9.17, 15) is 24.6 Å². The Balaban J connectivity index is 1.61. The van der Waals surface area contributed by atoms with Crippen molar-refractivity contribution in [1.29, 1.82) is 0 Å². The smallest absolute Gasteiger partial charge is 0.329 e. The minimum Gasteiger partial charge on any atom is -0.461 e. The largest absolute Gasteiger partial charge is 0.461 e. The van der Waals surface area contributed by atoms with Gasteiger partial charge in [-0.2, -0.15) is 0 Å². The SMILES string of the molecule is COC1CC(CC(C)C(C)OC(=O)C2CCCCN2C(=O)C(=O)C2(O)OC(S)CCC2C)CCC1O. The zero-order chi connectivity index (χ0) is 26.6. The van der Waals surface area contributed by atoms with Crippen molar-refractivity contribution >= 4 is 30.3 Å². The Labute approximate surface area is 219 Å². The van der Waals surface area contributed by atoms with E-state index in [0.29, 0.717) is 38.0 Å². The number of hydrogen-bond donors (Lipinski definition) is 3. The molecular weight excluding hydrogens is 486 g/mol. The molecule has 1 amide bonds. The van der Waals surface area contributed by atoms with Crippen LogP contribution >= 0.6 is 12.6 Å². The standard InChI is InChI=1S/C26H43NO8S/c1-15(13-18-9-10-20(28)21(14-18)33-4)17(3)34-25(31)19-7-5-6-12-27(19)24(30)23(29)26(32)16(2)8-11-22(36)35-26/h15-22,28,32,36H,5-14H2,1-4H3. The van der Waals surface area contributed by atoms with Crippen molar-refractivity contribution in [3.05, 3.63) is 0 Å². The lowest BCUT2D eigenvalue weighted by Crippen LogP contribution is -2.60. The lowest BCUT2D eigenvalue weighted by atomic mass is 9.79. The fourth-order valence-corrected chi connectivity index (χ4v) is 6.02. The number of likely N-dealkylation sites (tertiary alicyclic amines) is 1. The summed E-state index contributed by atoms with van der Waals surface area (Å²) in [6, 6.07) is -0.873. The number of carbonyl (C=O) groups excluding carboxylic acids is 3. The third-order valence-electron chi connectivity index (χ3n) is 8.36. The van der Waals surface area contributed by atoms with Gasteiger partial charge in [-0.25, -0.2) is 4.79 Å². The Morgan fingerprint density at radius 3 is 2.56 bits per heavy atom. The van der Waals surface area contributed by atoms with Gasteiger partial charge in [0.05, 0.1) is 12.2 Å². The molecule has 9 atom stereocenters. The molecule has 0 aromatic heterocycles. The molecule has 0 bridgehead atoms. The van der Waals surface area contributed by atoms with Gasteiger partial charge in [0.2, 0.25) is 5.79 Å². The molecule has 10 heteroatoms. The number of methoxy groups -OCH3 is 1. The zero-order valence-corrected chi connectivity index (χ0v) is 22.8. The summed E-state index contributed by atoms with van der Waals surface area (Å²) in [5.74, 6) is -4.86. The van der Waals surface area contributed by atoms with Crippen molar-refractivity contribution in [2.45, 2.75) is 114 Å². The number of esters is 1. The Kier molecular flexibility index (Phi) is 10.2. The van der Waals surface area contributed by atoms with Crippen LogP contribution in [0.5, 0.6) is 0 Å². The molecule has 2 heterocycles. The molecule has 3 aliphatic rings. The maximum atomic E-state index is 13.2. The van der Waals surface area contributed by atoms with Gasteiger partial charge in [0, 0.05) is 19.6 Å². The van der Waals surface area contributed by atoms with Crippen molar-refractivity contribution in [1.82, 2.24) is 4.90 Å². The molecule has 3 rings (SSSR count). The van der Waals surface area contributed by atoms with Gasteiger partial charge in [-0.1, -0.05) is 13.8 Å². The van der Waals surface area contributed by atoms with Crippen LogP contribution in [0, 0.1) is 17.8 Å². The van der Waals surface area contributed by atoms with Gasteiger partial charge in [0.25, 0.3) is 11.7 Å². The van der Waals surface area contributed by atoms with E-state index >= 15 is 0 Å². The average molecular weight is 530 g/mol. The predicted octanol–water partition coefficient (Wildman–Crippen LogP) is 2.46. The fraction of sp³-hybridized carbons (Fsp3) is 0.885. The summed E-state index contributed by atoms with van der Waals surface area (Å²) < 4.78 is 16.6. The highest BCUT2D eigenvalue weighted by Gasteiger charge is 2.52. The number of thiol groups is 1. The summed E-state index contributed by atoms with van der Waals surface area (Å²) >= 11 is 4.22. The molecule has 0 radical (unpaired) electrons. The number of hydrogen-bond acceptors (Lipinski definition) is 9. The molecule has 36 heavy (non-hydrogen) atoms. The van der Waals surface area contributed by atoms with Crippen LogP contribution in [-0.4, -0.2) is 82.0 Å². The summed E-state index contributed by atoms with van der Waals surface area (Å²) in [4.78, 5) is 40.7. The number of piperidine rings is 1. The summed E-state index contributed by atoms with van der Waals surface area (Å²) in [7, 11) is 1.61. The maximum absolute atomic E-state index is 13.2. The van der Waals surface area contributed by atoms with E-state index in [-0.39, 0.29) is 24.7 Å². The molecule has 1 saturated carbocycles. The number of aliphatic hydroxyl groups excluding tert-OH is 1. The first-order chi connectivity index (χ1) is 17.0. The summed E-state index contributed by atoms with van der Waals surface area (Å²) in [5, 5.41) is 21.0. The minimum absolute atomic E-state index is 0.0746. The Morgan fingerprint density at radius 1 is 1.14 bits per heavy atom. The monoisotopic (exact) mass is 529 g/mol. The van der Waals surface area contributed by atoms with E-state index < -0.39 is 46.9 Å². The van der Waals surface area contributed by atoms with Gasteiger partial charge in [-0.3, -0.25) is 9.59 Å². The molecule has 0 aromatic rings. The van der Waals surface area contributed by atoms with Crippen molar-refractivity contribution in [3.63, 3.8) is 0 Å². The topological polar surface area (TPSA) is 123 Å². The van der Waals surface area contributed by atoms with E-state index in [2.05, 4.69) is 12.6 Å². The second-order valence-corrected chi connectivity index (χ2v) is 11.5. The number of carbonyl (C=O) groups is 3. The molecule has 0 aromatic carbocycles. The van der Waals surface area contributed by atoms with Gasteiger partial charge >= 0.3 is 5.97 Å². The second-order valence-electron chi connectivity index (χ2n) is 11.0. The third-order valence-corrected chi connectivity index (χ3v) is 8.73. The quantitative estimate of drug-likeness (QED) is 0.249. The lowest BCUT2D eigenvalue weighted by Gasteiger charge is -2.41. The van der Waals surface area contributed by atoms with Gasteiger partial charge < -0.3 is 29.3 Å². The summed E-state index contributed by atoms with van der Waals surface area (Å²) in [6.45, 7) is 5.79. The number of amides is 1. The number of rotatable bonds is 8. The molecule has 2 aliphatic heterocycles. The molecule has 9 unspecified atom stereocenters. The van der Waals surface area contributed by atoms with Crippen molar-refractivity contribution < 1.29 is 38.8 Å². The normalized spacial score (nSPS) is 37.1. The molecule has 0 spiro atoms. The Hall–Kier alpha value is -1.20. The van der Waals surface area contributed by atoms with Crippen LogP contribution < -0.4 is 0 Å². The van der Waals surface area contributed by atoms with Gasteiger partial charge in [0.15, 0.2) is 0 Å². The predicted molar refractivity (Wildman–Crippen MR) is 135 cm³/mol. The molecule has 9 nitrogen and oxygen atoms in total. The van der Waals surface area contributed by atoms with E-state index in [1.54, 1.807) is 14.0 Å². The fourth-order valence-electron chi connectivity index (χ4n) is 5.71. The van der Waals surface area contributed by atoms with Crippen LogP contribution in [0.4, 0.5) is 0 Å². The molecule has 2 N–H and O–H groups in total. The number of Topliss-reactive ketones (excluding diaryl/α,β-unsaturated/α-hetero) is 1. The maximum Gasteiger partial charge on any atom is 0.329 e. The van der Waals surface area contributed by atoms with E-state index in [1.807, 2.05) is 13.8 Å². The second kappa shape index (κ2) is 12.6. The highest BCUT2D eigenvalue weighted by Crippen LogP contribution is 2.36. The van der Waals surface area contributed by atoms with Gasteiger partial charge in [0.1, 0.15) is 17.6 Å². The van der Waals surface area contributed by atoms with Gasteiger partial charge in [-0.15, -0.1) is 12.6 Å². The number of nitrogens with zero attached hydrogens (tertiary/aromatic N) is 1. The molecule has 2 saturated heterocycles. The molecular formula is C26H43NO8S. The number of ketones is 1. The van der Waals surface area contributed by atoms with Crippen LogP contribution in [0.2, 0.25) is 0 Å². The average Bonchev–Trinajstić information content (AvgIpc) is 2.86. The number of aliphatic hydroxyl groups is 2. The van der Waals surface area contributed by atoms with Crippen molar-refractivity contribution in [2.75, 3.05) is 13.7 Å². The van der Waals surface area contributed by atoms with Crippen LogP contribution in [-0.2, 0) is 28.6 Å². The first-order valence-electron chi connectivity index (χ1n) is 13.3. The van der Waals surface area contributed by atoms with E-state index in [1.165, 1.54) is 4.90 Å². The highest BCUT2D eigenvalue weighted by atomic mass is 32.1. The third kappa shape index (κ3) is 6.62. The van der Waals surface area contributed by atoms with E-state index in [4.69, 9.17) is 14.2 Å². The lowest BCUT2D eigenvalue weighted by molar-refractivity contribution is -0.247. The van der Waals surface area contributed by atoms with Crippen LogP contribution in [0.1, 0.15) is 78.6 Å². The zero-order valence-electron chi connectivity index (χ0n) is 21.9. The summed E-state index contributed by atoms with van der Waals surface area (Å²) in [5.41, 5.74) is -0.640. The van der Waals surface area contributed by atoms with Gasteiger partial charge in [-0.05, 0) is 76.5 Å². The first-order valence-corrected chi connectivity index (χ1v) is 13.8. The highest BCUT2D eigenvalue weighted by molar-refractivity contribution is 7.80. The van der Waals surface area contributed by atoms with Crippen LogP contribution in [0.25, 0.3) is 0 Å².